The molecule has 0 spiro atoms. The lowest BCUT2D eigenvalue weighted by Gasteiger charge is -2.09. The summed E-state index contributed by atoms with van der Waals surface area (Å²) in [5.41, 5.74) is 0.363. The molecule has 10 heteroatoms. The predicted molar refractivity (Wildman–Crippen MR) is 76.5 cm³/mol. The first kappa shape index (κ1) is 15.8. The van der Waals surface area contributed by atoms with Gasteiger partial charge in [-0.05, 0) is 23.8 Å². The van der Waals surface area contributed by atoms with Crippen molar-refractivity contribution in [1.82, 2.24) is 5.32 Å². The van der Waals surface area contributed by atoms with Gasteiger partial charge in [0, 0.05) is 4.47 Å². The largest absolute Gasteiger partial charge is 0.573 e. The van der Waals surface area contributed by atoms with Crippen molar-refractivity contribution in [2.45, 2.75) is 6.36 Å². The molecule has 5 nitrogen and oxygen atoms in total. The molecule has 112 valence electrons. The molecule has 0 aliphatic carbocycles. The van der Waals surface area contributed by atoms with Gasteiger partial charge in [0.15, 0.2) is 5.17 Å². The molecule has 0 radical (unpaired) electrons. The van der Waals surface area contributed by atoms with Crippen LogP contribution in [0, 0.1) is 0 Å². The Kier molecular flexibility index (Phi) is 4.88. The van der Waals surface area contributed by atoms with Gasteiger partial charge in [0.05, 0.1) is 12.0 Å². The van der Waals surface area contributed by atoms with Crippen LogP contribution < -0.4 is 10.1 Å². The van der Waals surface area contributed by atoms with E-state index in [4.69, 9.17) is 0 Å². The molecule has 0 unspecified atom stereocenters. The molecule has 1 heterocycles. The van der Waals surface area contributed by atoms with E-state index in [2.05, 4.69) is 36.2 Å². The van der Waals surface area contributed by atoms with Crippen LogP contribution in [0.3, 0.4) is 0 Å². The second kappa shape index (κ2) is 6.48. The maximum absolute atomic E-state index is 12.2. The minimum absolute atomic E-state index is 0.169. The van der Waals surface area contributed by atoms with Gasteiger partial charge in [-0.2, -0.15) is 5.10 Å². The number of amides is 1. The lowest BCUT2D eigenvalue weighted by molar-refractivity contribution is -0.274. The molecule has 2 rings (SSSR count). The summed E-state index contributed by atoms with van der Waals surface area (Å²) in [4.78, 5) is 10.9. The van der Waals surface area contributed by atoms with E-state index < -0.39 is 6.36 Å². The molecule has 1 aliphatic heterocycles. The normalized spacial score (nSPS) is 17.5. The summed E-state index contributed by atoms with van der Waals surface area (Å²) >= 11 is 4.27. The van der Waals surface area contributed by atoms with Gasteiger partial charge < -0.3 is 10.1 Å². The van der Waals surface area contributed by atoms with Gasteiger partial charge in [-0.1, -0.05) is 27.7 Å². The molecule has 1 aliphatic rings. The first-order chi connectivity index (χ1) is 9.82. The number of rotatable bonds is 3. The Labute approximate surface area is 129 Å². The maximum Gasteiger partial charge on any atom is 0.573 e. The zero-order valence-corrected chi connectivity index (χ0v) is 12.6. The summed E-state index contributed by atoms with van der Waals surface area (Å²) in [6, 6.07) is 3.90. The summed E-state index contributed by atoms with van der Waals surface area (Å²) in [5.74, 6) is -0.263. The van der Waals surface area contributed by atoms with Crippen LogP contribution >= 0.6 is 27.7 Å². The fourth-order valence-electron chi connectivity index (χ4n) is 1.38. The first-order valence-corrected chi connectivity index (χ1v) is 7.20. The number of thioether (sulfide) groups is 1. The number of hydrogen-bond donors (Lipinski definition) is 1. The third-order valence-corrected chi connectivity index (χ3v) is 3.39. The maximum atomic E-state index is 12.2. The van der Waals surface area contributed by atoms with Crippen molar-refractivity contribution in [2.75, 3.05) is 5.75 Å². The molecule has 1 fully saturated rings. The molecule has 21 heavy (non-hydrogen) atoms. The Bertz CT molecular complexity index is 619. The number of carbonyl (C=O) groups is 1. The molecule has 1 saturated heterocycles. The summed E-state index contributed by atoms with van der Waals surface area (Å²) in [6.07, 6.45) is -3.51. The number of nitrogens with zero attached hydrogens (tertiary/aromatic N) is 2. The van der Waals surface area contributed by atoms with Gasteiger partial charge in [0.2, 0.25) is 5.91 Å². The molecular formula is C11H7BrF3N3O2S. The van der Waals surface area contributed by atoms with Crippen LogP contribution in [0.1, 0.15) is 5.56 Å². The molecule has 0 atom stereocenters. The Morgan fingerprint density at radius 2 is 2.14 bits per heavy atom. The van der Waals surface area contributed by atoms with E-state index in [1.165, 1.54) is 30.1 Å². The second-order valence-electron chi connectivity index (χ2n) is 3.75. The average Bonchev–Trinajstić information content (AvgIpc) is 2.72. The minimum atomic E-state index is -4.76. The minimum Gasteiger partial charge on any atom is -0.406 e. The monoisotopic (exact) mass is 381 g/mol. The summed E-state index contributed by atoms with van der Waals surface area (Å²) in [7, 11) is 0. The van der Waals surface area contributed by atoms with Crippen molar-refractivity contribution < 1.29 is 22.7 Å². The average molecular weight is 382 g/mol. The van der Waals surface area contributed by atoms with E-state index in [1.807, 2.05) is 0 Å². The SMILES string of the molecule is O=C1CSC(=NN=Cc2cc(Br)cc(OC(F)(F)F)c2)N1. The van der Waals surface area contributed by atoms with Crippen LogP contribution in [-0.4, -0.2) is 29.4 Å². The molecule has 1 N–H and O–H groups in total. The number of benzene rings is 1. The third-order valence-electron chi connectivity index (χ3n) is 2.07. The highest BCUT2D eigenvalue weighted by Crippen LogP contribution is 2.26. The van der Waals surface area contributed by atoms with Crippen LogP contribution in [0.5, 0.6) is 5.75 Å². The number of nitrogens with one attached hydrogen (secondary N) is 1. The second-order valence-corrected chi connectivity index (χ2v) is 5.63. The Morgan fingerprint density at radius 3 is 2.76 bits per heavy atom. The van der Waals surface area contributed by atoms with Gasteiger partial charge in [-0.3, -0.25) is 4.79 Å². The van der Waals surface area contributed by atoms with Crippen molar-refractivity contribution in [2.24, 2.45) is 10.2 Å². The first-order valence-electron chi connectivity index (χ1n) is 5.42. The highest BCUT2D eigenvalue weighted by Gasteiger charge is 2.31. The van der Waals surface area contributed by atoms with Crippen molar-refractivity contribution in [1.29, 1.82) is 0 Å². The lowest BCUT2D eigenvalue weighted by Crippen LogP contribution is -2.19. The molecule has 1 amide bonds. The predicted octanol–water partition coefficient (Wildman–Crippen LogP) is 2.90. The van der Waals surface area contributed by atoms with Crippen molar-refractivity contribution >= 4 is 45.0 Å². The Hall–Kier alpha value is -1.55. The van der Waals surface area contributed by atoms with E-state index in [9.17, 15) is 18.0 Å². The van der Waals surface area contributed by atoms with E-state index >= 15 is 0 Å². The summed E-state index contributed by atoms with van der Waals surface area (Å²) in [6.45, 7) is 0. The van der Waals surface area contributed by atoms with Gasteiger partial charge in [-0.15, -0.1) is 18.3 Å². The quantitative estimate of drug-likeness (QED) is 0.646. The summed E-state index contributed by atoms with van der Waals surface area (Å²) < 4.78 is 40.7. The van der Waals surface area contributed by atoms with E-state index in [-0.39, 0.29) is 17.4 Å². The van der Waals surface area contributed by atoms with Crippen LogP contribution in [0.2, 0.25) is 0 Å². The van der Waals surface area contributed by atoms with Crippen molar-refractivity contribution in [3.8, 4) is 5.75 Å². The highest BCUT2D eigenvalue weighted by molar-refractivity contribution is 9.10. The van der Waals surface area contributed by atoms with E-state index in [0.717, 1.165) is 0 Å². The molecule has 0 bridgehead atoms. The number of carbonyl (C=O) groups excluding carboxylic acids is 1. The molecule has 1 aromatic rings. The van der Waals surface area contributed by atoms with Crippen LogP contribution in [0.4, 0.5) is 13.2 Å². The van der Waals surface area contributed by atoms with Gasteiger partial charge in [0.25, 0.3) is 0 Å². The lowest BCUT2D eigenvalue weighted by atomic mass is 10.2. The van der Waals surface area contributed by atoms with Crippen LogP contribution in [0.15, 0.2) is 32.9 Å². The van der Waals surface area contributed by atoms with Gasteiger partial charge >= 0.3 is 6.36 Å². The van der Waals surface area contributed by atoms with Crippen molar-refractivity contribution in [3.05, 3.63) is 28.2 Å². The number of halogens is 4. The zero-order valence-electron chi connectivity index (χ0n) is 10.1. The van der Waals surface area contributed by atoms with E-state index in [0.29, 0.717) is 15.2 Å². The zero-order chi connectivity index (χ0) is 15.5. The Balaban J connectivity index is 2.11. The number of amidine groups is 1. The molecule has 1 aromatic carbocycles. The van der Waals surface area contributed by atoms with E-state index in [1.54, 1.807) is 6.07 Å². The summed E-state index contributed by atoms with van der Waals surface area (Å²) in [5, 5.41) is 10.3. The molecular weight excluding hydrogens is 375 g/mol. The van der Waals surface area contributed by atoms with Gasteiger partial charge in [0.1, 0.15) is 5.75 Å². The number of ether oxygens (including phenoxy) is 1. The number of hydrogen-bond acceptors (Lipinski definition) is 5. The third kappa shape index (κ3) is 5.38. The smallest absolute Gasteiger partial charge is 0.406 e. The fourth-order valence-corrected chi connectivity index (χ4v) is 2.50. The molecule has 0 saturated carbocycles. The fraction of sp³-hybridized carbons (Fsp3) is 0.182. The van der Waals surface area contributed by atoms with Crippen LogP contribution in [0.25, 0.3) is 0 Å². The topological polar surface area (TPSA) is 63.0 Å². The Morgan fingerprint density at radius 1 is 1.38 bits per heavy atom. The standard InChI is InChI=1S/C11H7BrF3N3O2S/c12-7-1-6(2-8(3-7)20-11(13,14)15)4-16-18-10-17-9(19)5-21-10/h1-4H,5H2,(H,17,18,19). The highest BCUT2D eigenvalue weighted by atomic mass is 79.9. The van der Waals surface area contributed by atoms with Gasteiger partial charge in [-0.25, -0.2) is 0 Å². The number of alkyl halides is 3. The van der Waals surface area contributed by atoms with Crippen molar-refractivity contribution in [3.63, 3.8) is 0 Å². The molecule has 0 aromatic heterocycles. The van der Waals surface area contributed by atoms with Crippen LogP contribution in [-0.2, 0) is 4.79 Å².